The highest BCUT2D eigenvalue weighted by molar-refractivity contribution is 6.31. The van der Waals surface area contributed by atoms with Gasteiger partial charge in [0.2, 0.25) is 0 Å². The summed E-state index contributed by atoms with van der Waals surface area (Å²) in [5.41, 5.74) is 3.18. The van der Waals surface area contributed by atoms with Crippen molar-refractivity contribution < 1.29 is 5.11 Å². The Balaban J connectivity index is 2.47. The highest BCUT2D eigenvalue weighted by Crippen LogP contribution is 2.28. The largest absolute Gasteiger partial charge is 0.380 e. The van der Waals surface area contributed by atoms with Gasteiger partial charge in [0.15, 0.2) is 0 Å². The van der Waals surface area contributed by atoms with Gasteiger partial charge in [-0.05, 0) is 25.0 Å². The third kappa shape index (κ3) is 2.18. The maximum atomic E-state index is 10.3. The SMILES string of the molecule is Cc1cnc(C(O)c2c(Cl)cnn2C)c(C)c1. The fourth-order valence-electron chi connectivity index (χ4n) is 1.87. The van der Waals surface area contributed by atoms with E-state index < -0.39 is 6.10 Å². The molecule has 1 N–H and O–H groups in total. The second-order valence-electron chi connectivity index (χ2n) is 4.12. The van der Waals surface area contributed by atoms with Crippen molar-refractivity contribution >= 4 is 11.6 Å². The summed E-state index contributed by atoms with van der Waals surface area (Å²) in [5.74, 6) is 0. The molecule has 90 valence electrons. The minimum absolute atomic E-state index is 0.446. The minimum atomic E-state index is -0.851. The maximum Gasteiger partial charge on any atom is 0.139 e. The first-order valence-corrected chi connectivity index (χ1v) is 5.67. The Bertz CT molecular complexity index is 531. The van der Waals surface area contributed by atoms with Gasteiger partial charge in [-0.15, -0.1) is 0 Å². The Morgan fingerprint density at radius 1 is 1.35 bits per heavy atom. The number of pyridine rings is 1. The number of hydrogen-bond acceptors (Lipinski definition) is 3. The highest BCUT2D eigenvalue weighted by atomic mass is 35.5. The Morgan fingerprint density at radius 3 is 2.59 bits per heavy atom. The molecular formula is C12H14ClN3O. The zero-order valence-corrected chi connectivity index (χ0v) is 10.7. The van der Waals surface area contributed by atoms with Crippen LogP contribution in [0.15, 0.2) is 18.5 Å². The van der Waals surface area contributed by atoms with Crippen molar-refractivity contribution in [2.75, 3.05) is 0 Å². The van der Waals surface area contributed by atoms with Gasteiger partial charge in [-0.3, -0.25) is 9.67 Å². The predicted molar refractivity (Wildman–Crippen MR) is 66.0 cm³/mol. The lowest BCUT2D eigenvalue weighted by Crippen LogP contribution is -2.10. The zero-order valence-electron chi connectivity index (χ0n) is 9.98. The Labute approximate surface area is 105 Å². The number of aliphatic hydroxyl groups is 1. The van der Waals surface area contributed by atoms with E-state index in [1.165, 1.54) is 6.20 Å². The molecule has 0 fully saturated rings. The van der Waals surface area contributed by atoms with Crippen molar-refractivity contribution in [1.82, 2.24) is 14.8 Å². The molecule has 4 nitrogen and oxygen atoms in total. The summed E-state index contributed by atoms with van der Waals surface area (Å²) in [4.78, 5) is 4.27. The van der Waals surface area contributed by atoms with Crippen LogP contribution in [0.5, 0.6) is 0 Å². The van der Waals surface area contributed by atoms with Gasteiger partial charge in [-0.2, -0.15) is 5.10 Å². The van der Waals surface area contributed by atoms with Gasteiger partial charge >= 0.3 is 0 Å². The lowest BCUT2D eigenvalue weighted by molar-refractivity contribution is 0.204. The molecule has 2 heterocycles. The average molecular weight is 252 g/mol. The minimum Gasteiger partial charge on any atom is -0.380 e. The molecule has 0 radical (unpaired) electrons. The van der Waals surface area contributed by atoms with Gasteiger partial charge in [0.25, 0.3) is 0 Å². The second kappa shape index (κ2) is 4.47. The lowest BCUT2D eigenvalue weighted by atomic mass is 10.1. The molecule has 0 aliphatic carbocycles. The molecular weight excluding hydrogens is 238 g/mol. The molecule has 0 amide bonds. The molecule has 1 atom stereocenters. The van der Waals surface area contributed by atoms with E-state index in [1.807, 2.05) is 19.9 Å². The fourth-order valence-corrected chi connectivity index (χ4v) is 2.14. The van der Waals surface area contributed by atoms with Crippen LogP contribution < -0.4 is 0 Å². The molecule has 2 aromatic rings. The molecule has 1 unspecified atom stereocenters. The van der Waals surface area contributed by atoms with Crippen LogP contribution in [0.1, 0.15) is 28.6 Å². The number of aromatic nitrogens is 3. The summed E-state index contributed by atoms with van der Waals surface area (Å²) in [6, 6.07) is 1.98. The first kappa shape index (κ1) is 12.1. The second-order valence-corrected chi connectivity index (χ2v) is 4.53. The molecule has 0 bridgehead atoms. The van der Waals surface area contributed by atoms with Crippen molar-refractivity contribution in [3.8, 4) is 0 Å². The molecule has 0 saturated carbocycles. The normalized spacial score (nSPS) is 12.8. The smallest absolute Gasteiger partial charge is 0.139 e. The summed E-state index contributed by atoms with van der Waals surface area (Å²) < 4.78 is 1.56. The molecule has 17 heavy (non-hydrogen) atoms. The van der Waals surface area contributed by atoms with Gasteiger partial charge in [0.1, 0.15) is 6.10 Å². The number of rotatable bonds is 2. The van der Waals surface area contributed by atoms with E-state index in [9.17, 15) is 5.11 Å². The fraction of sp³-hybridized carbons (Fsp3) is 0.333. The van der Waals surface area contributed by atoms with Crippen LogP contribution >= 0.6 is 11.6 Å². The van der Waals surface area contributed by atoms with Crippen LogP contribution in [0.3, 0.4) is 0 Å². The number of nitrogens with zero attached hydrogens (tertiary/aromatic N) is 3. The van der Waals surface area contributed by atoms with E-state index in [0.717, 1.165) is 11.1 Å². The van der Waals surface area contributed by atoms with Crippen LogP contribution in [-0.2, 0) is 7.05 Å². The third-order valence-corrected chi connectivity index (χ3v) is 3.00. The van der Waals surface area contributed by atoms with Gasteiger partial charge in [-0.1, -0.05) is 17.7 Å². The van der Waals surface area contributed by atoms with E-state index in [-0.39, 0.29) is 0 Å². The molecule has 0 aromatic carbocycles. The average Bonchev–Trinajstić information content (AvgIpc) is 2.58. The monoisotopic (exact) mass is 251 g/mol. The molecule has 0 spiro atoms. The zero-order chi connectivity index (χ0) is 12.6. The summed E-state index contributed by atoms with van der Waals surface area (Å²) in [5, 5.41) is 14.8. The van der Waals surface area contributed by atoms with Crippen molar-refractivity contribution in [2.45, 2.75) is 20.0 Å². The molecule has 0 saturated heterocycles. The summed E-state index contributed by atoms with van der Waals surface area (Å²) >= 11 is 6.00. The topological polar surface area (TPSA) is 50.9 Å². The molecule has 0 aliphatic heterocycles. The van der Waals surface area contributed by atoms with E-state index in [4.69, 9.17) is 11.6 Å². The summed E-state index contributed by atoms with van der Waals surface area (Å²) in [7, 11) is 1.74. The van der Waals surface area contributed by atoms with Crippen LogP contribution in [0, 0.1) is 13.8 Å². The maximum absolute atomic E-state index is 10.3. The van der Waals surface area contributed by atoms with Crippen molar-refractivity contribution in [2.24, 2.45) is 7.05 Å². The quantitative estimate of drug-likeness (QED) is 0.890. The van der Waals surface area contributed by atoms with Gasteiger partial charge in [0, 0.05) is 13.2 Å². The van der Waals surface area contributed by atoms with Crippen LogP contribution in [-0.4, -0.2) is 19.9 Å². The number of aryl methyl sites for hydroxylation is 3. The van der Waals surface area contributed by atoms with E-state index >= 15 is 0 Å². The van der Waals surface area contributed by atoms with E-state index in [1.54, 1.807) is 17.9 Å². The van der Waals surface area contributed by atoms with Gasteiger partial charge in [-0.25, -0.2) is 0 Å². The Morgan fingerprint density at radius 2 is 2.06 bits per heavy atom. The van der Waals surface area contributed by atoms with Crippen molar-refractivity contribution in [1.29, 1.82) is 0 Å². The van der Waals surface area contributed by atoms with Gasteiger partial charge in [0.05, 0.1) is 22.6 Å². The van der Waals surface area contributed by atoms with Gasteiger partial charge < -0.3 is 5.11 Å². The molecule has 5 heteroatoms. The Hall–Kier alpha value is -1.39. The van der Waals surface area contributed by atoms with Crippen molar-refractivity contribution in [3.05, 3.63) is 46.0 Å². The first-order valence-electron chi connectivity index (χ1n) is 5.29. The van der Waals surface area contributed by atoms with Crippen molar-refractivity contribution in [3.63, 3.8) is 0 Å². The molecule has 2 rings (SSSR count). The standard InChI is InChI=1S/C12H14ClN3O/c1-7-4-8(2)10(14-5-7)12(17)11-9(13)6-15-16(11)3/h4-6,12,17H,1-3H3. The summed E-state index contributed by atoms with van der Waals surface area (Å²) in [6.07, 6.45) is 2.40. The number of hydrogen-bond donors (Lipinski definition) is 1. The molecule has 2 aromatic heterocycles. The first-order chi connectivity index (χ1) is 8.00. The van der Waals surface area contributed by atoms with Crippen LogP contribution in [0.25, 0.3) is 0 Å². The van der Waals surface area contributed by atoms with Crippen LogP contribution in [0.4, 0.5) is 0 Å². The third-order valence-electron chi connectivity index (χ3n) is 2.71. The van der Waals surface area contributed by atoms with E-state index in [0.29, 0.717) is 16.4 Å². The highest BCUT2D eigenvalue weighted by Gasteiger charge is 2.21. The lowest BCUT2D eigenvalue weighted by Gasteiger charge is -2.14. The molecule has 0 aliphatic rings. The number of aliphatic hydroxyl groups excluding tert-OH is 1. The van der Waals surface area contributed by atoms with E-state index in [2.05, 4.69) is 10.1 Å². The predicted octanol–water partition coefficient (Wildman–Crippen LogP) is 2.17. The summed E-state index contributed by atoms with van der Waals surface area (Å²) in [6.45, 7) is 3.88. The Kier molecular flexibility index (Phi) is 3.17. The van der Waals surface area contributed by atoms with Crippen LogP contribution in [0.2, 0.25) is 5.02 Å². The number of halogens is 1.